The van der Waals surface area contributed by atoms with Gasteiger partial charge in [-0.05, 0) is 22.3 Å². The average molecular weight is 321 g/mol. The summed E-state index contributed by atoms with van der Waals surface area (Å²) in [6.07, 6.45) is 2.50. The maximum absolute atomic E-state index is 12.3. The van der Waals surface area contributed by atoms with Crippen molar-refractivity contribution in [1.29, 1.82) is 0 Å². The van der Waals surface area contributed by atoms with Gasteiger partial charge in [0.25, 0.3) is 0 Å². The highest BCUT2D eigenvalue weighted by Crippen LogP contribution is 2.44. The van der Waals surface area contributed by atoms with Crippen molar-refractivity contribution in [2.45, 2.75) is 12.0 Å². The number of hydrogen-bond donors (Lipinski definition) is 1. The van der Waals surface area contributed by atoms with Crippen molar-refractivity contribution < 1.29 is 14.6 Å². The quantitative estimate of drug-likeness (QED) is 0.864. The zero-order valence-corrected chi connectivity index (χ0v) is 13.3. The van der Waals surface area contributed by atoms with Gasteiger partial charge in [-0.1, -0.05) is 60.7 Å². The van der Waals surface area contributed by atoms with E-state index in [4.69, 9.17) is 4.74 Å². The van der Waals surface area contributed by atoms with Gasteiger partial charge in [0.05, 0.1) is 12.6 Å². The van der Waals surface area contributed by atoms with Crippen molar-refractivity contribution in [1.82, 2.24) is 4.90 Å². The summed E-state index contributed by atoms with van der Waals surface area (Å²) in [6.45, 7) is 1.07. The third kappa shape index (κ3) is 2.59. The Morgan fingerprint density at radius 2 is 1.71 bits per heavy atom. The molecular weight excluding hydrogens is 302 g/mol. The summed E-state index contributed by atoms with van der Waals surface area (Å²) >= 11 is 0. The first-order valence-electron chi connectivity index (χ1n) is 8.18. The fourth-order valence-electron chi connectivity index (χ4n) is 3.54. The predicted octanol–water partition coefficient (Wildman–Crippen LogP) is 3.17. The molecule has 122 valence electrons. The maximum Gasteiger partial charge on any atom is 0.410 e. The van der Waals surface area contributed by atoms with Gasteiger partial charge in [-0.2, -0.15) is 0 Å². The number of rotatable bonds is 2. The smallest absolute Gasteiger partial charge is 0.410 e. The fraction of sp³-hybridized carbons (Fsp3) is 0.250. The Kier molecular flexibility index (Phi) is 3.82. The molecule has 4 heteroatoms. The molecule has 1 N–H and O–H groups in total. The molecule has 1 unspecified atom stereocenters. The molecule has 4 nitrogen and oxygen atoms in total. The average Bonchev–Trinajstić information content (AvgIpc) is 2.94. The summed E-state index contributed by atoms with van der Waals surface area (Å²) in [5, 5.41) is 9.63. The van der Waals surface area contributed by atoms with Gasteiger partial charge in [0.15, 0.2) is 0 Å². The highest BCUT2D eigenvalue weighted by molar-refractivity contribution is 5.79. The van der Waals surface area contributed by atoms with E-state index in [1.165, 1.54) is 27.2 Å². The fourth-order valence-corrected chi connectivity index (χ4v) is 3.54. The number of carbonyl (C=O) groups excluding carboxylic acids is 1. The van der Waals surface area contributed by atoms with Crippen LogP contribution in [0.3, 0.4) is 0 Å². The first-order valence-corrected chi connectivity index (χ1v) is 8.18. The van der Waals surface area contributed by atoms with Crippen LogP contribution in [0.2, 0.25) is 0 Å². The van der Waals surface area contributed by atoms with Gasteiger partial charge in [0.1, 0.15) is 6.61 Å². The summed E-state index contributed by atoms with van der Waals surface area (Å²) in [6, 6.07) is 16.5. The lowest BCUT2D eigenvalue weighted by atomic mass is 9.98. The van der Waals surface area contributed by atoms with Gasteiger partial charge in [-0.25, -0.2) is 4.79 Å². The maximum atomic E-state index is 12.3. The van der Waals surface area contributed by atoms with Crippen molar-refractivity contribution in [3.63, 3.8) is 0 Å². The third-order valence-electron chi connectivity index (χ3n) is 4.69. The van der Waals surface area contributed by atoms with E-state index in [1.54, 1.807) is 12.2 Å². The molecular formula is C20H19NO3. The van der Waals surface area contributed by atoms with Gasteiger partial charge < -0.3 is 14.7 Å². The Morgan fingerprint density at radius 1 is 1.08 bits per heavy atom. The van der Waals surface area contributed by atoms with Crippen molar-refractivity contribution in [2.75, 3.05) is 19.7 Å². The summed E-state index contributed by atoms with van der Waals surface area (Å²) in [5.74, 6) is 0.0617. The van der Waals surface area contributed by atoms with Crippen LogP contribution in [-0.4, -0.2) is 41.9 Å². The van der Waals surface area contributed by atoms with Crippen LogP contribution in [-0.2, 0) is 4.74 Å². The summed E-state index contributed by atoms with van der Waals surface area (Å²) in [5.41, 5.74) is 4.83. The number of β-amino-alcohol motifs (C(OH)–C–C–N with tert-alkyl or cyclic N) is 1. The molecule has 1 amide bonds. The number of fused-ring (bicyclic) bond motifs is 3. The van der Waals surface area contributed by atoms with E-state index >= 15 is 0 Å². The minimum atomic E-state index is -0.612. The Labute approximate surface area is 141 Å². The van der Waals surface area contributed by atoms with E-state index in [0.29, 0.717) is 13.2 Å². The molecule has 2 aromatic carbocycles. The highest BCUT2D eigenvalue weighted by atomic mass is 16.6. The van der Waals surface area contributed by atoms with Crippen LogP contribution < -0.4 is 0 Å². The van der Waals surface area contributed by atoms with Crippen LogP contribution in [0.1, 0.15) is 17.0 Å². The molecule has 0 spiro atoms. The van der Waals surface area contributed by atoms with E-state index in [9.17, 15) is 9.90 Å². The number of ether oxygens (including phenoxy) is 1. The molecule has 0 radical (unpaired) electrons. The molecule has 0 fully saturated rings. The summed E-state index contributed by atoms with van der Waals surface area (Å²) in [4.78, 5) is 13.8. The highest BCUT2D eigenvalue weighted by Gasteiger charge is 2.30. The number of hydrogen-bond acceptors (Lipinski definition) is 3. The van der Waals surface area contributed by atoms with E-state index in [1.807, 2.05) is 24.3 Å². The van der Waals surface area contributed by atoms with Crippen LogP contribution >= 0.6 is 0 Å². The van der Waals surface area contributed by atoms with Crippen molar-refractivity contribution in [2.24, 2.45) is 0 Å². The minimum Gasteiger partial charge on any atom is -0.448 e. The first-order chi connectivity index (χ1) is 11.7. The lowest BCUT2D eigenvalue weighted by Crippen LogP contribution is -2.40. The molecule has 24 heavy (non-hydrogen) atoms. The number of benzene rings is 2. The summed E-state index contributed by atoms with van der Waals surface area (Å²) in [7, 11) is 0. The molecule has 2 aliphatic rings. The van der Waals surface area contributed by atoms with Crippen LogP contribution in [0.4, 0.5) is 4.79 Å². The number of carbonyl (C=O) groups is 1. The second-order valence-electron chi connectivity index (χ2n) is 6.20. The van der Waals surface area contributed by atoms with Crippen molar-refractivity contribution >= 4 is 6.09 Å². The summed E-state index contributed by atoms with van der Waals surface area (Å²) < 4.78 is 5.57. The Balaban J connectivity index is 1.53. The van der Waals surface area contributed by atoms with Gasteiger partial charge >= 0.3 is 6.09 Å². The molecule has 1 atom stereocenters. The Bertz CT molecular complexity index is 753. The van der Waals surface area contributed by atoms with Crippen LogP contribution in [0.5, 0.6) is 0 Å². The number of nitrogens with zero attached hydrogens (tertiary/aromatic N) is 1. The first kappa shape index (κ1) is 15.0. The van der Waals surface area contributed by atoms with Gasteiger partial charge in [-0.15, -0.1) is 0 Å². The Morgan fingerprint density at radius 3 is 2.33 bits per heavy atom. The van der Waals surface area contributed by atoms with Gasteiger partial charge in [0.2, 0.25) is 0 Å². The molecule has 0 bridgehead atoms. The zero-order valence-electron chi connectivity index (χ0n) is 13.3. The number of aliphatic hydroxyl groups excluding tert-OH is 1. The number of aliphatic hydroxyl groups is 1. The van der Waals surface area contributed by atoms with Crippen LogP contribution in [0.15, 0.2) is 60.7 Å². The molecule has 1 aliphatic heterocycles. The molecule has 4 rings (SSSR count). The zero-order chi connectivity index (χ0) is 16.5. The minimum absolute atomic E-state index is 0.0617. The lowest BCUT2D eigenvalue weighted by Gasteiger charge is -2.26. The molecule has 2 aromatic rings. The topological polar surface area (TPSA) is 49.8 Å². The van der Waals surface area contributed by atoms with Crippen molar-refractivity contribution in [3.05, 3.63) is 71.8 Å². The standard InChI is InChI=1S/C20H19NO3/c22-14-6-5-11-21(12-14)20(23)24-13-19-17-9-3-1-7-15(17)16-8-2-4-10-18(16)19/h1-10,14,19,22H,11-13H2. The number of amides is 1. The predicted molar refractivity (Wildman–Crippen MR) is 91.8 cm³/mol. The van der Waals surface area contributed by atoms with Gasteiger partial charge in [0, 0.05) is 12.5 Å². The normalized spacial score (nSPS) is 19.0. The lowest BCUT2D eigenvalue weighted by molar-refractivity contribution is 0.0825. The Hall–Kier alpha value is -2.59. The second kappa shape index (κ2) is 6.13. The van der Waals surface area contributed by atoms with Crippen LogP contribution in [0, 0.1) is 0 Å². The molecule has 0 aromatic heterocycles. The van der Waals surface area contributed by atoms with Crippen molar-refractivity contribution in [3.8, 4) is 11.1 Å². The van der Waals surface area contributed by atoms with E-state index < -0.39 is 6.10 Å². The largest absolute Gasteiger partial charge is 0.448 e. The van der Waals surface area contributed by atoms with E-state index in [-0.39, 0.29) is 18.6 Å². The third-order valence-corrected chi connectivity index (χ3v) is 4.69. The monoisotopic (exact) mass is 321 g/mol. The van der Waals surface area contributed by atoms with Crippen LogP contribution in [0.25, 0.3) is 11.1 Å². The molecule has 1 aliphatic carbocycles. The molecule has 0 saturated carbocycles. The van der Waals surface area contributed by atoms with E-state index in [0.717, 1.165) is 0 Å². The SMILES string of the molecule is O=C(OCC1c2ccccc2-c2ccccc21)N1CC=CC(O)C1. The second-order valence-corrected chi connectivity index (χ2v) is 6.20. The molecule has 1 heterocycles. The molecule has 0 saturated heterocycles. The van der Waals surface area contributed by atoms with E-state index in [2.05, 4.69) is 24.3 Å². The van der Waals surface area contributed by atoms with Gasteiger partial charge in [-0.3, -0.25) is 0 Å².